The predicted octanol–water partition coefficient (Wildman–Crippen LogP) is 3.56. The quantitative estimate of drug-likeness (QED) is 0.855. The van der Waals surface area contributed by atoms with E-state index >= 15 is 0 Å². The van der Waals surface area contributed by atoms with E-state index in [1.807, 2.05) is 54.2 Å². The monoisotopic (exact) mass is 336 g/mol. The van der Waals surface area contributed by atoms with Crippen molar-refractivity contribution >= 4 is 22.0 Å². The van der Waals surface area contributed by atoms with Crippen molar-refractivity contribution in [3.05, 3.63) is 58.3 Å². The number of aromatic nitrogens is 1. The van der Waals surface area contributed by atoms with Gasteiger partial charge in [-0.2, -0.15) is 0 Å². The van der Waals surface area contributed by atoms with E-state index in [0.29, 0.717) is 13.2 Å². The second-order valence-corrected chi connectivity index (χ2v) is 5.57. The zero-order valence-electron chi connectivity index (χ0n) is 11.5. The molecular formula is C15H17BrN2O2. The van der Waals surface area contributed by atoms with Crippen LogP contribution in [-0.4, -0.2) is 22.6 Å². The van der Waals surface area contributed by atoms with Crippen LogP contribution in [0.2, 0.25) is 0 Å². The largest absolute Gasteiger partial charge is 0.445 e. The number of halogens is 1. The Bertz CT molecular complexity index is 581. The minimum atomic E-state index is -0.328. The summed E-state index contributed by atoms with van der Waals surface area (Å²) in [4.78, 5) is 13.5. The van der Waals surface area contributed by atoms with Crippen LogP contribution in [0.15, 0.2) is 47.1 Å². The van der Waals surface area contributed by atoms with Gasteiger partial charge in [0.05, 0.1) is 6.54 Å². The highest BCUT2D eigenvalue weighted by Gasteiger charge is 2.12. The highest BCUT2D eigenvalue weighted by atomic mass is 79.9. The lowest BCUT2D eigenvalue weighted by Gasteiger charge is -2.17. The zero-order chi connectivity index (χ0) is 14.5. The number of amides is 1. The highest BCUT2D eigenvalue weighted by Crippen LogP contribution is 2.15. The molecule has 1 aromatic heterocycles. The highest BCUT2D eigenvalue weighted by molar-refractivity contribution is 9.10. The molecule has 0 aliphatic heterocycles. The fraction of sp³-hybridized carbons (Fsp3) is 0.267. The number of ether oxygens (including phenoxy) is 1. The van der Waals surface area contributed by atoms with Gasteiger partial charge in [0.25, 0.3) is 0 Å². The Balaban J connectivity index is 1.87. The Morgan fingerprint density at radius 1 is 1.35 bits per heavy atom. The molecule has 0 aliphatic carbocycles. The Morgan fingerprint density at radius 3 is 2.65 bits per heavy atom. The maximum atomic E-state index is 11.9. The third kappa shape index (κ3) is 3.87. The summed E-state index contributed by atoms with van der Waals surface area (Å²) in [6.45, 7) is 0.802. The lowest BCUT2D eigenvalue weighted by Crippen LogP contribution is -2.27. The molecule has 0 radical (unpaired) electrons. The summed E-state index contributed by atoms with van der Waals surface area (Å²) in [7, 11) is 3.68. The maximum absolute atomic E-state index is 11.9. The summed E-state index contributed by atoms with van der Waals surface area (Å²) < 4.78 is 8.25. The summed E-state index contributed by atoms with van der Waals surface area (Å²) in [6.07, 6.45) is 1.63. The topological polar surface area (TPSA) is 34.5 Å². The molecule has 0 saturated heterocycles. The van der Waals surface area contributed by atoms with Crippen LogP contribution in [-0.2, 0) is 24.9 Å². The molecule has 0 fully saturated rings. The van der Waals surface area contributed by atoms with Crippen molar-refractivity contribution in [2.45, 2.75) is 13.2 Å². The molecule has 1 aromatic carbocycles. The molecule has 1 amide bonds. The van der Waals surface area contributed by atoms with E-state index in [1.165, 1.54) is 0 Å². The summed E-state index contributed by atoms with van der Waals surface area (Å²) >= 11 is 3.42. The summed E-state index contributed by atoms with van der Waals surface area (Å²) in [5, 5.41) is 0. The number of carbonyl (C=O) groups excluding carboxylic acids is 1. The van der Waals surface area contributed by atoms with E-state index in [4.69, 9.17) is 4.74 Å². The van der Waals surface area contributed by atoms with Crippen LogP contribution < -0.4 is 0 Å². The van der Waals surface area contributed by atoms with Crippen LogP contribution >= 0.6 is 15.9 Å². The fourth-order valence-corrected chi connectivity index (χ4v) is 2.43. The van der Waals surface area contributed by atoms with Crippen molar-refractivity contribution in [3.8, 4) is 0 Å². The number of nitrogens with zero attached hydrogens (tertiary/aromatic N) is 2. The molecule has 0 saturated carbocycles. The van der Waals surface area contributed by atoms with Crippen LogP contribution in [0.3, 0.4) is 0 Å². The lowest BCUT2D eigenvalue weighted by molar-refractivity contribution is 0.102. The van der Waals surface area contributed by atoms with Gasteiger partial charge in [-0.3, -0.25) is 0 Å². The first-order valence-electron chi connectivity index (χ1n) is 6.29. The third-order valence-corrected chi connectivity index (χ3v) is 3.42. The summed E-state index contributed by atoms with van der Waals surface area (Å²) in [5.41, 5.74) is 2.02. The number of hydrogen-bond acceptors (Lipinski definition) is 2. The number of aryl methyl sites for hydroxylation is 1. The van der Waals surface area contributed by atoms with Gasteiger partial charge >= 0.3 is 6.09 Å². The molecule has 0 atom stereocenters. The van der Waals surface area contributed by atoms with Gasteiger partial charge in [-0.15, -0.1) is 0 Å². The SMILES string of the molecule is CN(Cc1cc(Br)cn1C)C(=O)OCc1ccccc1. The maximum Gasteiger partial charge on any atom is 0.410 e. The van der Waals surface area contributed by atoms with E-state index in [1.54, 1.807) is 11.9 Å². The molecule has 4 nitrogen and oxygen atoms in total. The lowest BCUT2D eigenvalue weighted by atomic mass is 10.2. The van der Waals surface area contributed by atoms with Gasteiger partial charge in [0, 0.05) is 30.5 Å². The van der Waals surface area contributed by atoms with Crippen LogP contribution in [0.1, 0.15) is 11.3 Å². The van der Waals surface area contributed by atoms with Gasteiger partial charge in [-0.1, -0.05) is 30.3 Å². The minimum Gasteiger partial charge on any atom is -0.445 e. The normalized spacial score (nSPS) is 10.3. The molecular weight excluding hydrogens is 320 g/mol. The van der Waals surface area contributed by atoms with Crippen LogP contribution in [0.4, 0.5) is 4.79 Å². The van der Waals surface area contributed by atoms with Crippen molar-refractivity contribution in [1.82, 2.24) is 9.47 Å². The number of rotatable bonds is 4. The molecule has 106 valence electrons. The standard InChI is InChI=1S/C15H17BrN2O2/c1-17-9-13(16)8-14(17)10-18(2)15(19)20-11-12-6-4-3-5-7-12/h3-9H,10-11H2,1-2H3. The van der Waals surface area contributed by atoms with Gasteiger partial charge in [0.1, 0.15) is 6.61 Å². The number of benzene rings is 1. The van der Waals surface area contributed by atoms with Crippen molar-refractivity contribution < 1.29 is 9.53 Å². The van der Waals surface area contributed by atoms with E-state index < -0.39 is 0 Å². The molecule has 2 rings (SSSR count). The Hall–Kier alpha value is -1.75. The molecule has 5 heteroatoms. The van der Waals surface area contributed by atoms with Gasteiger partial charge in [-0.25, -0.2) is 4.79 Å². The van der Waals surface area contributed by atoms with Crippen LogP contribution in [0.5, 0.6) is 0 Å². The fourth-order valence-electron chi connectivity index (χ4n) is 1.86. The molecule has 0 unspecified atom stereocenters. The van der Waals surface area contributed by atoms with Crippen molar-refractivity contribution in [2.24, 2.45) is 7.05 Å². The van der Waals surface area contributed by atoms with Gasteiger partial charge in [-0.05, 0) is 27.6 Å². The van der Waals surface area contributed by atoms with Crippen LogP contribution in [0.25, 0.3) is 0 Å². The predicted molar refractivity (Wildman–Crippen MR) is 81.2 cm³/mol. The molecule has 0 N–H and O–H groups in total. The Kier molecular flexibility index (Phi) is 4.84. The molecule has 20 heavy (non-hydrogen) atoms. The van der Waals surface area contributed by atoms with E-state index in [2.05, 4.69) is 15.9 Å². The average Bonchev–Trinajstić information content (AvgIpc) is 2.75. The Morgan fingerprint density at radius 2 is 2.05 bits per heavy atom. The first-order chi connectivity index (χ1) is 9.56. The van der Waals surface area contributed by atoms with Gasteiger partial charge in [0.2, 0.25) is 0 Å². The first kappa shape index (κ1) is 14.7. The van der Waals surface area contributed by atoms with Crippen molar-refractivity contribution in [1.29, 1.82) is 0 Å². The second kappa shape index (κ2) is 6.61. The average molecular weight is 337 g/mol. The molecule has 2 aromatic rings. The smallest absolute Gasteiger partial charge is 0.410 e. The summed E-state index contributed by atoms with van der Waals surface area (Å²) in [5.74, 6) is 0. The van der Waals surface area contributed by atoms with Gasteiger partial charge in [0.15, 0.2) is 0 Å². The first-order valence-corrected chi connectivity index (χ1v) is 7.08. The molecule has 0 aliphatic rings. The molecule has 0 bridgehead atoms. The number of hydrogen-bond donors (Lipinski definition) is 0. The molecule has 0 spiro atoms. The third-order valence-electron chi connectivity index (χ3n) is 2.99. The second-order valence-electron chi connectivity index (χ2n) is 4.66. The minimum absolute atomic E-state index is 0.293. The van der Waals surface area contributed by atoms with Gasteiger partial charge < -0.3 is 14.2 Å². The number of carbonyl (C=O) groups is 1. The van der Waals surface area contributed by atoms with Crippen molar-refractivity contribution in [3.63, 3.8) is 0 Å². The van der Waals surface area contributed by atoms with E-state index in [9.17, 15) is 4.79 Å². The molecule has 1 heterocycles. The van der Waals surface area contributed by atoms with Crippen LogP contribution in [0, 0.1) is 0 Å². The summed E-state index contributed by atoms with van der Waals surface area (Å²) in [6, 6.07) is 11.6. The van der Waals surface area contributed by atoms with Crippen molar-refractivity contribution in [2.75, 3.05) is 7.05 Å². The van der Waals surface area contributed by atoms with E-state index in [0.717, 1.165) is 15.7 Å². The Labute approximate surface area is 127 Å². The zero-order valence-corrected chi connectivity index (χ0v) is 13.1. The van der Waals surface area contributed by atoms with E-state index in [-0.39, 0.29) is 6.09 Å².